The number of hydrogen-bond donors (Lipinski definition) is 1. The van der Waals surface area contributed by atoms with E-state index in [1.807, 2.05) is 4.90 Å². The van der Waals surface area contributed by atoms with E-state index in [-0.39, 0.29) is 16.6 Å². The Hall–Kier alpha value is -2.31. The van der Waals surface area contributed by atoms with Crippen LogP contribution in [0.25, 0.3) is 0 Å². The summed E-state index contributed by atoms with van der Waals surface area (Å²) in [6.45, 7) is 3.63. The average molecular weight is 408 g/mol. The molecule has 0 atom stereocenters. The highest BCUT2D eigenvalue weighted by atomic mass is 35.5. The SMILES string of the molecule is CC1CCN(c2cc(NC(=O)c3cccc(Cl)c3)c(Cl)cc2[N+](=O)[O-])CC1. The van der Waals surface area contributed by atoms with E-state index >= 15 is 0 Å². The van der Waals surface area contributed by atoms with Crippen molar-refractivity contribution >= 4 is 46.2 Å². The smallest absolute Gasteiger partial charge is 0.294 e. The Morgan fingerprint density at radius 1 is 1.22 bits per heavy atom. The fourth-order valence-electron chi connectivity index (χ4n) is 3.12. The number of nitrogens with one attached hydrogen (secondary N) is 1. The topological polar surface area (TPSA) is 75.5 Å². The zero-order valence-electron chi connectivity index (χ0n) is 14.7. The Kier molecular flexibility index (Phi) is 5.87. The quantitative estimate of drug-likeness (QED) is 0.544. The number of piperidine rings is 1. The zero-order valence-corrected chi connectivity index (χ0v) is 16.3. The number of anilines is 2. The molecule has 8 heteroatoms. The number of amides is 1. The van der Waals surface area contributed by atoms with Crippen LogP contribution in [0.3, 0.4) is 0 Å². The van der Waals surface area contributed by atoms with E-state index in [0.717, 1.165) is 25.9 Å². The van der Waals surface area contributed by atoms with Gasteiger partial charge in [-0.25, -0.2) is 0 Å². The lowest BCUT2D eigenvalue weighted by atomic mass is 9.98. The van der Waals surface area contributed by atoms with Gasteiger partial charge in [-0.05, 0) is 43.0 Å². The normalized spacial score (nSPS) is 14.9. The van der Waals surface area contributed by atoms with Crippen LogP contribution in [-0.2, 0) is 0 Å². The lowest BCUT2D eigenvalue weighted by Crippen LogP contribution is -2.33. The minimum atomic E-state index is -0.443. The van der Waals surface area contributed by atoms with Crippen molar-refractivity contribution in [2.24, 2.45) is 5.92 Å². The summed E-state index contributed by atoms with van der Waals surface area (Å²) in [7, 11) is 0. The van der Waals surface area contributed by atoms with Crippen LogP contribution >= 0.6 is 23.2 Å². The van der Waals surface area contributed by atoms with Gasteiger partial charge in [0, 0.05) is 29.7 Å². The molecule has 3 rings (SSSR count). The second-order valence-corrected chi connectivity index (χ2v) is 7.56. The van der Waals surface area contributed by atoms with Gasteiger partial charge in [0.1, 0.15) is 5.69 Å². The van der Waals surface area contributed by atoms with Gasteiger partial charge in [-0.2, -0.15) is 0 Å². The monoisotopic (exact) mass is 407 g/mol. The summed E-state index contributed by atoms with van der Waals surface area (Å²) in [6, 6.07) is 9.40. The van der Waals surface area contributed by atoms with Crippen molar-refractivity contribution in [3.63, 3.8) is 0 Å². The van der Waals surface area contributed by atoms with Gasteiger partial charge < -0.3 is 10.2 Å². The Morgan fingerprint density at radius 2 is 1.93 bits per heavy atom. The first-order valence-corrected chi connectivity index (χ1v) is 9.40. The molecule has 1 amide bonds. The number of rotatable bonds is 4. The Morgan fingerprint density at radius 3 is 2.56 bits per heavy atom. The molecule has 2 aromatic carbocycles. The molecular formula is C19H19Cl2N3O3. The van der Waals surface area contributed by atoms with E-state index in [1.54, 1.807) is 30.3 Å². The number of nitrogens with zero attached hydrogens (tertiary/aromatic N) is 2. The van der Waals surface area contributed by atoms with Crippen molar-refractivity contribution in [2.45, 2.75) is 19.8 Å². The Labute approximate surface area is 167 Å². The number of carbonyl (C=O) groups is 1. The van der Waals surface area contributed by atoms with E-state index in [9.17, 15) is 14.9 Å². The van der Waals surface area contributed by atoms with Crippen LogP contribution in [0, 0.1) is 16.0 Å². The highest BCUT2D eigenvalue weighted by Crippen LogP contribution is 2.38. The third-order valence-electron chi connectivity index (χ3n) is 4.72. The molecule has 1 aliphatic rings. The van der Waals surface area contributed by atoms with Crippen molar-refractivity contribution < 1.29 is 9.72 Å². The molecular weight excluding hydrogens is 389 g/mol. The van der Waals surface area contributed by atoms with Crippen molar-refractivity contribution in [3.05, 3.63) is 62.1 Å². The minimum absolute atomic E-state index is 0.0599. The molecule has 1 fully saturated rings. The largest absolute Gasteiger partial charge is 0.366 e. The van der Waals surface area contributed by atoms with Gasteiger partial charge in [-0.3, -0.25) is 14.9 Å². The summed E-state index contributed by atoms with van der Waals surface area (Å²) in [5.74, 6) is 0.209. The highest BCUT2D eigenvalue weighted by molar-refractivity contribution is 6.34. The van der Waals surface area contributed by atoms with Gasteiger partial charge in [0.2, 0.25) is 0 Å². The molecule has 0 bridgehead atoms. The molecule has 1 heterocycles. The molecule has 6 nitrogen and oxygen atoms in total. The van der Waals surface area contributed by atoms with Crippen molar-refractivity contribution in [2.75, 3.05) is 23.3 Å². The van der Waals surface area contributed by atoms with E-state index in [1.165, 1.54) is 6.07 Å². The van der Waals surface area contributed by atoms with E-state index in [0.29, 0.717) is 27.9 Å². The van der Waals surface area contributed by atoms with Crippen molar-refractivity contribution in [1.82, 2.24) is 0 Å². The van der Waals surface area contributed by atoms with Crippen LogP contribution in [0.15, 0.2) is 36.4 Å². The van der Waals surface area contributed by atoms with Gasteiger partial charge in [0.05, 0.1) is 15.6 Å². The number of halogens is 2. The van der Waals surface area contributed by atoms with Gasteiger partial charge in [0.15, 0.2) is 0 Å². The average Bonchev–Trinajstić information content (AvgIpc) is 2.63. The molecule has 0 unspecified atom stereocenters. The van der Waals surface area contributed by atoms with Gasteiger partial charge in [-0.15, -0.1) is 0 Å². The van der Waals surface area contributed by atoms with Crippen LogP contribution < -0.4 is 10.2 Å². The van der Waals surface area contributed by atoms with E-state index in [4.69, 9.17) is 23.2 Å². The standard InChI is InChI=1S/C19H19Cl2N3O3/c1-12-5-7-23(8-6-12)17-11-16(15(21)10-18(17)24(26)27)22-19(25)13-3-2-4-14(20)9-13/h2-4,9-12H,5-8H2,1H3,(H,22,25). The summed E-state index contributed by atoms with van der Waals surface area (Å²) < 4.78 is 0. The fourth-order valence-corrected chi connectivity index (χ4v) is 3.52. The first-order valence-electron chi connectivity index (χ1n) is 8.65. The molecule has 2 aromatic rings. The molecule has 27 heavy (non-hydrogen) atoms. The number of nitro benzene ring substituents is 1. The Bertz CT molecular complexity index is 880. The molecule has 0 aromatic heterocycles. The second kappa shape index (κ2) is 8.15. The van der Waals surface area contributed by atoms with Crippen LogP contribution in [0.4, 0.5) is 17.1 Å². The lowest BCUT2D eigenvalue weighted by Gasteiger charge is -2.32. The first kappa shape index (κ1) is 19.5. The molecule has 1 saturated heterocycles. The maximum absolute atomic E-state index is 12.5. The molecule has 0 saturated carbocycles. The highest BCUT2D eigenvalue weighted by Gasteiger charge is 2.25. The first-order chi connectivity index (χ1) is 12.8. The van der Waals surface area contributed by atoms with Gasteiger partial charge in [-0.1, -0.05) is 36.2 Å². The summed E-state index contributed by atoms with van der Waals surface area (Å²) in [6.07, 6.45) is 1.92. The molecule has 1 aliphatic heterocycles. The van der Waals surface area contributed by atoms with Crippen molar-refractivity contribution in [1.29, 1.82) is 0 Å². The second-order valence-electron chi connectivity index (χ2n) is 6.71. The maximum atomic E-state index is 12.5. The molecule has 1 N–H and O–H groups in total. The van der Waals surface area contributed by atoms with Crippen LogP contribution in [0.5, 0.6) is 0 Å². The van der Waals surface area contributed by atoms with Gasteiger partial charge >= 0.3 is 0 Å². The van der Waals surface area contributed by atoms with Crippen LogP contribution in [-0.4, -0.2) is 23.9 Å². The molecule has 0 radical (unpaired) electrons. The fraction of sp³-hybridized carbons (Fsp3) is 0.316. The van der Waals surface area contributed by atoms with Crippen LogP contribution in [0.1, 0.15) is 30.1 Å². The lowest BCUT2D eigenvalue weighted by molar-refractivity contribution is -0.384. The third-order valence-corrected chi connectivity index (χ3v) is 5.27. The van der Waals surface area contributed by atoms with Crippen molar-refractivity contribution in [3.8, 4) is 0 Å². The molecule has 0 aliphatic carbocycles. The summed E-state index contributed by atoms with van der Waals surface area (Å²) in [5.41, 5.74) is 1.12. The van der Waals surface area contributed by atoms with Gasteiger partial charge in [0.25, 0.3) is 11.6 Å². The van der Waals surface area contributed by atoms with E-state index in [2.05, 4.69) is 12.2 Å². The summed E-state index contributed by atoms with van der Waals surface area (Å²) in [4.78, 5) is 25.5. The predicted octanol–water partition coefficient (Wildman–Crippen LogP) is 5.39. The molecule has 0 spiro atoms. The number of hydrogen-bond acceptors (Lipinski definition) is 4. The Balaban J connectivity index is 1.92. The number of nitro groups is 1. The predicted molar refractivity (Wildman–Crippen MR) is 108 cm³/mol. The third kappa shape index (κ3) is 4.51. The number of benzene rings is 2. The zero-order chi connectivity index (χ0) is 19.6. The molecule has 142 valence electrons. The minimum Gasteiger partial charge on any atom is -0.366 e. The summed E-state index contributed by atoms with van der Waals surface area (Å²) in [5, 5.41) is 14.8. The summed E-state index contributed by atoms with van der Waals surface area (Å²) >= 11 is 12.1. The maximum Gasteiger partial charge on any atom is 0.294 e. The number of carbonyl (C=O) groups excluding carboxylic acids is 1. The van der Waals surface area contributed by atoms with E-state index < -0.39 is 4.92 Å². The van der Waals surface area contributed by atoms with Crippen LogP contribution in [0.2, 0.25) is 10.0 Å².